The Hall–Kier alpha value is -2.32. The Morgan fingerprint density at radius 3 is 2.58 bits per heavy atom. The van der Waals surface area contributed by atoms with Crippen LogP contribution in [0.4, 0.5) is 20.4 Å². The van der Waals surface area contributed by atoms with Crippen LogP contribution in [0.2, 0.25) is 0 Å². The second kappa shape index (κ2) is 5.95. The monoisotopic (exact) mass is 354 g/mol. The van der Waals surface area contributed by atoms with E-state index in [1.54, 1.807) is 36.5 Å². The van der Waals surface area contributed by atoms with Crippen LogP contribution < -0.4 is 5.32 Å². The summed E-state index contributed by atoms with van der Waals surface area (Å²) in [5.41, 5.74) is 2.24. The van der Waals surface area contributed by atoms with E-state index in [1.807, 2.05) is 6.92 Å². The molecule has 1 atom stereocenters. The Bertz CT molecular complexity index is 780. The molecule has 0 aliphatic carbocycles. The summed E-state index contributed by atoms with van der Waals surface area (Å²) in [6.45, 7) is 1.85. The van der Waals surface area contributed by atoms with E-state index < -0.39 is 17.6 Å². The topological polar surface area (TPSA) is 79.6 Å². The number of alkyl halides is 3. The standard InChI is InChI=1S/C15H13ClF2N4O2/c1-9-6-7-19-13(20-9)21-11-4-2-10(3-5-11)12-8-14(23,24-22-12)15(16,17)18/h2-7,23H,8H2,1H3,(H,19,20,21). The largest absolute Gasteiger partial charge is 0.388 e. The van der Waals surface area contributed by atoms with Gasteiger partial charge in [-0.1, -0.05) is 17.3 Å². The van der Waals surface area contributed by atoms with Crippen LogP contribution in [0.15, 0.2) is 41.7 Å². The van der Waals surface area contributed by atoms with Crippen LogP contribution in [-0.4, -0.2) is 32.0 Å². The summed E-state index contributed by atoms with van der Waals surface area (Å²) < 4.78 is 26.3. The second-order valence-electron chi connectivity index (χ2n) is 5.31. The molecule has 2 heterocycles. The molecule has 1 aromatic heterocycles. The van der Waals surface area contributed by atoms with Crippen molar-refractivity contribution in [3.8, 4) is 0 Å². The quantitative estimate of drug-likeness (QED) is 0.824. The molecule has 0 spiro atoms. The zero-order valence-corrected chi connectivity index (χ0v) is 13.3. The van der Waals surface area contributed by atoms with Gasteiger partial charge in [0.15, 0.2) is 0 Å². The van der Waals surface area contributed by atoms with Crippen molar-refractivity contribution in [3.63, 3.8) is 0 Å². The first-order valence-electron chi connectivity index (χ1n) is 6.98. The Morgan fingerprint density at radius 1 is 1.29 bits per heavy atom. The number of oxime groups is 1. The van der Waals surface area contributed by atoms with Gasteiger partial charge in [-0.15, -0.1) is 0 Å². The van der Waals surface area contributed by atoms with Crippen LogP contribution in [0.1, 0.15) is 17.7 Å². The fourth-order valence-electron chi connectivity index (χ4n) is 2.11. The number of hydrogen-bond donors (Lipinski definition) is 2. The number of halogens is 3. The van der Waals surface area contributed by atoms with Crippen molar-refractivity contribution >= 4 is 28.9 Å². The third kappa shape index (κ3) is 3.29. The predicted molar refractivity (Wildman–Crippen MR) is 84.5 cm³/mol. The molecule has 3 rings (SSSR count). The highest BCUT2D eigenvalue weighted by Gasteiger charge is 2.58. The lowest BCUT2D eigenvalue weighted by atomic mass is 10.0. The van der Waals surface area contributed by atoms with Gasteiger partial charge in [0, 0.05) is 17.6 Å². The van der Waals surface area contributed by atoms with Gasteiger partial charge in [0.2, 0.25) is 5.95 Å². The van der Waals surface area contributed by atoms with E-state index in [-0.39, 0.29) is 5.71 Å². The Morgan fingerprint density at radius 2 is 2.00 bits per heavy atom. The van der Waals surface area contributed by atoms with Crippen molar-refractivity contribution < 1.29 is 18.7 Å². The van der Waals surface area contributed by atoms with Crippen LogP contribution >= 0.6 is 11.6 Å². The highest BCUT2D eigenvalue weighted by Crippen LogP contribution is 2.40. The predicted octanol–water partition coefficient (Wildman–Crippen LogP) is 3.17. The molecule has 1 aromatic carbocycles. The molecule has 0 saturated heterocycles. The molecule has 2 aromatic rings. The molecule has 9 heteroatoms. The van der Waals surface area contributed by atoms with Gasteiger partial charge < -0.3 is 15.3 Å². The van der Waals surface area contributed by atoms with E-state index in [0.29, 0.717) is 17.2 Å². The fraction of sp³-hybridized carbons (Fsp3) is 0.267. The number of aliphatic hydroxyl groups is 1. The number of aryl methyl sites for hydroxylation is 1. The lowest BCUT2D eigenvalue weighted by Crippen LogP contribution is -2.44. The molecular formula is C15H13ClF2N4O2. The molecule has 0 amide bonds. The molecule has 1 aliphatic heterocycles. The second-order valence-corrected chi connectivity index (χ2v) is 5.79. The van der Waals surface area contributed by atoms with Crippen molar-refractivity contribution in [1.29, 1.82) is 0 Å². The van der Waals surface area contributed by atoms with E-state index in [1.165, 1.54) is 0 Å². The van der Waals surface area contributed by atoms with Gasteiger partial charge in [-0.05, 0) is 42.3 Å². The van der Waals surface area contributed by atoms with Crippen molar-refractivity contribution in [2.75, 3.05) is 5.32 Å². The Kier molecular flexibility index (Phi) is 4.10. The third-order valence-electron chi connectivity index (χ3n) is 3.43. The summed E-state index contributed by atoms with van der Waals surface area (Å²) >= 11 is 4.86. The summed E-state index contributed by atoms with van der Waals surface area (Å²) in [6, 6.07) is 8.50. The van der Waals surface area contributed by atoms with Crippen LogP contribution in [0, 0.1) is 6.92 Å². The summed E-state index contributed by atoms with van der Waals surface area (Å²) in [5.74, 6) is -2.39. The number of nitrogens with one attached hydrogen (secondary N) is 1. The smallest absolute Gasteiger partial charge is 0.351 e. The van der Waals surface area contributed by atoms with E-state index >= 15 is 0 Å². The number of aromatic nitrogens is 2. The lowest BCUT2D eigenvalue weighted by Gasteiger charge is -2.23. The van der Waals surface area contributed by atoms with E-state index in [0.717, 1.165) is 5.69 Å². The average molecular weight is 355 g/mol. The van der Waals surface area contributed by atoms with Gasteiger partial charge >= 0.3 is 11.2 Å². The van der Waals surface area contributed by atoms with Crippen LogP contribution in [0.5, 0.6) is 0 Å². The normalized spacial score (nSPS) is 20.5. The summed E-state index contributed by atoms with van der Waals surface area (Å²) in [5, 5.41) is 12.3. The van der Waals surface area contributed by atoms with Crippen molar-refractivity contribution in [2.45, 2.75) is 24.5 Å². The number of anilines is 2. The SMILES string of the molecule is Cc1ccnc(Nc2ccc(C3=NOC(O)(C(F)(F)Cl)C3)cc2)n1. The minimum atomic E-state index is -3.94. The minimum absolute atomic E-state index is 0.177. The van der Waals surface area contributed by atoms with Gasteiger partial charge in [-0.3, -0.25) is 0 Å². The molecule has 126 valence electrons. The molecule has 1 aliphatic rings. The molecule has 6 nitrogen and oxygen atoms in total. The molecule has 2 N–H and O–H groups in total. The zero-order valence-electron chi connectivity index (χ0n) is 12.5. The maximum Gasteiger partial charge on any atom is 0.388 e. The molecule has 0 radical (unpaired) electrons. The summed E-state index contributed by atoms with van der Waals surface area (Å²) in [4.78, 5) is 12.7. The highest BCUT2D eigenvalue weighted by atomic mass is 35.5. The average Bonchev–Trinajstić information content (AvgIpc) is 2.92. The Balaban J connectivity index is 1.72. The number of rotatable bonds is 4. The first kappa shape index (κ1) is 16.5. The van der Waals surface area contributed by atoms with E-state index in [2.05, 4.69) is 25.3 Å². The van der Waals surface area contributed by atoms with Gasteiger partial charge in [-0.2, -0.15) is 8.78 Å². The lowest BCUT2D eigenvalue weighted by molar-refractivity contribution is -0.272. The molecule has 0 bridgehead atoms. The van der Waals surface area contributed by atoms with E-state index in [9.17, 15) is 13.9 Å². The zero-order chi connectivity index (χ0) is 17.4. The molecular weight excluding hydrogens is 342 g/mol. The molecule has 0 saturated carbocycles. The van der Waals surface area contributed by atoms with Gasteiger partial charge in [0.1, 0.15) is 0 Å². The Labute approximate surface area is 141 Å². The molecule has 1 unspecified atom stereocenters. The fourth-order valence-corrected chi connectivity index (χ4v) is 2.21. The van der Waals surface area contributed by atoms with Crippen LogP contribution in [0.25, 0.3) is 0 Å². The summed E-state index contributed by atoms with van der Waals surface area (Å²) in [7, 11) is 0. The molecule has 24 heavy (non-hydrogen) atoms. The summed E-state index contributed by atoms with van der Waals surface area (Å²) in [6.07, 6.45) is 1.12. The highest BCUT2D eigenvalue weighted by molar-refractivity contribution is 6.22. The van der Waals surface area contributed by atoms with Crippen LogP contribution in [0.3, 0.4) is 0 Å². The molecule has 0 fully saturated rings. The van der Waals surface area contributed by atoms with Crippen molar-refractivity contribution in [1.82, 2.24) is 9.97 Å². The van der Waals surface area contributed by atoms with Crippen molar-refractivity contribution in [3.05, 3.63) is 47.8 Å². The maximum atomic E-state index is 13.1. The number of benzene rings is 1. The number of nitrogens with zero attached hydrogens (tertiary/aromatic N) is 3. The first-order valence-corrected chi connectivity index (χ1v) is 7.36. The van der Waals surface area contributed by atoms with Gasteiger partial charge in [0.25, 0.3) is 0 Å². The minimum Gasteiger partial charge on any atom is -0.351 e. The first-order chi connectivity index (χ1) is 11.3. The van der Waals surface area contributed by atoms with E-state index in [4.69, 9.17) is 11.6 Å². The van der Waals surface area contributed by atoms with Crippen LogP contribution in [-0.2, 0) is 4.84 Å². The number of hydrogen-bond acceptors (Lipinski definition) is 6. The van der Waals surface area contributed by atoms with Crippen molar-refractivity contribution in [2.24, 2.45) is 5.16 Å². The maximum absolute atomic E-state index is 13.1. The van der Waals surface area contributed by atoms with Gasteiger partial charge in [0.05, 0.1) is 12.1 Å². The van der Waals surface area contributed by atoms with Gasteiger partial charge in [-0.25, -0.2) is 9.97 Å². The third-order valence-corrected chi connectivity index (χ3v) is 3.72.